The second kappa shape index (κ2) is 7.15. The van der Waals surface area contributed by atoms with Crippen molar-refractivity contribution in [2.24, 2.45) is 0 Å². The largest absolute Gasteiger partial charge is 0.494 e. The van der Waals surface area contributed by atoms with Gasteiger partial charge in [-0.2, -0.15) is 0 Å². The Morgan fingerprint density at radius 1 is 1.15 bits per heavy atom. The van der Waals surface area contributed by atoms with Crippen LogP contribution >= 0.6 is 11.6 Å². The van der Waals surface area contributed by atoms with E-state index in [1.54, 1.807) is 6.07 Å². The first-order valence-electron chi connectivity index (χ1n) is 6.59. The number of anilines is 1. The van der Waals surface area contributed by atoms with Crippen LogP contribution in [-0.4, -0.2) is 6.61 Å². The summed E-state index contributed by atoms with van der Waals surface area (Å²) in [6, 6.07) is 12.2. The van der Waals surface area contributed by atoms with Crippen LogP contribution in [0.15, 0.2) is 42.5 Å². The van der Waals surface area contributed by atoms with E-state index in [0.717, 1.165) is 17.7 Å². The molecule has 0 aliphatic rings. The van der Waals surface area contributed by atoms with E-state index >= 15 is 0 Å². The lowest BCUT2D eigenvalue weighted by Crippen LogP contribution is -2.01. The summed E-state index contributed by atoms with van der Waals surface area (Å²) in [4.78, 5) is 0. The zero-order valence-corrected chi connectivity index (χ0v) is 12.1. The third kappa shape index (κ3) is 4.14. The number of rotatable bonds is 6. The number of hydrogen-bond donors (Lipinski definition) is 1. The van der Waals surface area contributed by atoms with Crippen molar-refractivity contribution in [1.29, 1.82) is 0 Å². The highest BCUT2D eigenvalue weighted by Crippen LogP contribution is 2.20. The van der Waals surface area contributed by atoms with Crippen molar-refractivity contribution in [3.63, 3.8) is 0 Å². The van der Waals surface area contributed by atoms with Gasteiger partial charge in [-0.25, -0.2) is 4.39 Å². The maximum atomic E-state index is 13.5. The molecule has 2 rings (SSSR count). The fraction of sp³-hybridized carbons (Fsp3) is 0.250. The highest BCUT2D eigenvalue weighted by molar-refractivity contribution is 6.30. The fourth-order valence-electron chi connectivity index (χ4n) is 1.75. The number of halogens is 2. The summed E-state index contributed by atoms with van der Waals surface area (Å²) in [7, 11) is 0. The summed E-state index contributed by atoms with van der Waals surface area (Å²) in [6.45, 7) is 3.31. The highest BCUT2D eigenvalue weighted by atomic mass is 35.5. The van der Waals surface area contributed by atoms with Gasteiger partial charge in [0.25, 0.3) is 0 Å². The van der Waals surface area contributed by atoms with E-state index < -0.39 is 0 Å². The minimum atomic E-state index is -0.308. The molecule has 0 aliphatic carbocycles. The van der Waals surface area contributed by atoms with Crippen molar-refractivity contribution in [3.8, 4) is 5.75 Å². The molecular formula is C16H17ClFNO. The van der Waals surface area contributed by atoms with E-state index in [-0.39, 0.29) is 5.82 Å². The van der Waals surface area contributed by atoms with Gasteiger partial charge in [0.05, 0.1) is 12.3 Å². The molecule has 0 atom stereocenters. The second-order valence-electron chi connectivity index (χ2n) is 4.47. The smallest absolute Gasteiger partial charge is 0.146 e. The van der Waals surface area contributed by atoms with Gasteiger partial charge < -0.3 is 10.1 Å². The maximum absolute atomic E-state index is 13.5. The molecule has 0 aliphatic heterocycles. The lowest BCUT2D eigenvalue weighted by atomic mass is 10.2. The third-order valence-electron chi connectivity index (χ3n) is 2.81. The van der Waals surface area contributed by atoms with Gasteiger partial charge in [-0.3, -0.25) is 0 Å². The van der Waals surface area contributed by atoms with Crippen LogP contribution in [0.25, 0.3) is 0 Å². The van der Waals surface area contributed by atoms with E-state index in [1.807, 2.05) is 24.3 Å². The molecule has 0 radical (unpaired) electrons. The summed E-state index contributed by atoms with van der Waals surface area (Å²) in [6.07, 6.45) is 0.983. The molecule has 0 unspecified atom stereocenters. The van der Waals surface area contributed by atoms with Crippen LogP contribution in [0.2, 0.25) is 5.02 Å². The Balaban J connectivity index is 1.95. The molecule has 1 N–H and O–H groups in total. The number of nitrogens with one attached hydrogen (secondary N) is 1. The monoisotopic (exact) mass is 293 g/mol. The van der Waals surface area contributed by atoms with Crippen molar-refractivity contribution >= 4 is 17.3 Å². The summed E-state index contributed by atoms with van der Waals surface area (Å²) in [5.41, 5.74) is 1.46. The van der Waals surface area contributed by atoms with Gasteiger partial charge in [0, 0.05) is 11.6 Å². The van der Waals surface area contributed by atoms with Gasteiger partial charge in [-0.15, -0.1) is 0 Å². The van der Waals surface area contributed by atoms with E-state index in [4.69, 9.17) is 16.3 Å². The second-order valence-corrected chi connectivity index (χ2v) is 4.91. The molecule has 0 amide bonds. The quantitative estimate of drug-likeness (QED) is 0.819. The molecule has 2 aromatic carbocycles. The Bertz CT molecular complexity index is 557. The van der Waals surface area contributed by atoms with E-state index in [2.05, 4.69) is 12.2 Å². The van der Waals surface area contributed by atoms with Crippen molar-refractivity contribution in [2.45, 2.75) is 19.9 Å². The van der Waals surface area contributed by atoms with Crippen molar-refractivity contribution in [3.05, 3.63) is 58.9 Å². The van der Waals surface area contributed by atoms with E-state index in [0.29, 0.717) is 23.9 Å². The molecule has 0 aromatic heterocycles. The first-order valence-corrected chi connectivity index (χ1v) is 6.97. The zero-order chi connectivity index (χ0) is 14.4. The Kier molecular flexibility index (Phi) is 5.24. The Labute approximate surface area is 123 Å². The molecule has 2 aromatic rings. The molecule has 0 fully saturated rings. The van der Waals surface area contributed by atoms with Crippen molar-refractivity contribution in [1.82, 2.24) is 0 Å². The standard InChI is InChI=1S/C16H17ClFNO/c1-2-9-20-14-6-3-12(4-7-14)11-19-16-10-13(17)5-8-15(16)18/h3-8,10,19H,2,9,11H2,1H3. The topological polar surface area (TPSA) is 21.3 Å². The van der Waals surface area contributed by atoms with Gasteiger partial charge in [-0.1, -0.05) is 30.7 Å². The molecule has 0 heterocycles. The lowest BCUT2D eigenvalue weighted by molar-refractivity contribution is 0.317. The number of benzene rings is 2. The summed E-state index contributed by atoms with van der Waals surface area (Å²) in [5.74, 6) is 0.543. The highest BCUT2D eigenvalue weighted by Gasteiger charge is 2.02. The van der Waals surface area contributed by atoms with Crippen molar-refractivity contribution in [2.75, 3.05) is 11.9 Å². The van der Waals surface area contributed by atoms with Gasteiger partial charge in [-0.05, 0) is 42.3 Å². The van der Waals surface area contributed by atoms with Gasteiger partial charge in [0.15, 0.2) is 0 Å². The third-order valence-corrected chi connectivity index (χ3v) is 3.04. The van der Waals surface area contributed by atoms with Crippen molar-refractivity contribution < 1.29 is 9.13 Å². The van der Waals surface area contributed by atoms with Gasteiger partial charge in [0.2, 0.25) is 0 Å². The molecule has 0 spiro atoms. The van der Waals surface area contributed by atoms with Crippen LogP contribution in [0.4, 0.5) is 10.1 Å². The predicted octanol–water partition coefficient (Wildman–Crippen LogP) is 4.88. The molecule has 0 saturated heterocycles. The Morgan fingerprint density at radius 2 is 1.90 bits per heavy atom. The van der Waals surface area contributed by atoms with Gasteiger partial charge >= 0.3 is 0 Å². The normalized spacial score (nSPS) is 10.3. The molecule has 106 valence electrons. The predicted molar refractivity (Wildman–Crippen MR) is 81.0 cm³/mol. The lowest BCUT2D eigenvalue weighted by Gasteiger charge is -2.09. The van der Waals surface area contributed by atoms with Gasteiger partial charge in [0.1, 0.15) is 11.6 Å². The van der Waals surface area contributed by atoms with Crippen LogP contribution < -0.4 is 10.1 Å². The zero-order valence-electron chi connectivity index (χ0n) is 11.3. The summed E-state index contributed by atoms with van der Waals surface area (Å²) >= 11 is 5.84. The summed E-state index contributed by atoms with van der Waals surface area (Å²) in [5, 5.41) is 3.54. The molecule has 0 saturated carbocycles. The molecule has 0 bridgehead atoms. The van der Waals surface area contributed by atoms with E-state index in [1.165, 1.54) is 12.1 Å². The Hall–Kier alpha value is -1.74. The minimum Gasteiger partial charge on any atom is -0.494 e. The molecule has 2 nitrogen and oxygen atoms in total. The van der Waals surface area contributed by atoms with Crippen LogP contribution in [0.1, 0.15) is 18.9 Å². The summed E-state index contributed by atoms with van der Waals surface area (Å²) < 4.78 is 19.0. The first-order chi connectivity index (χ1) is 9.69. The van der Waals surface area contributed by atoms with E-state index in [9.17, 15) is 4.39 Å². The molecular weight excluding hydrogens is 277 g/mol. The van der Waals surface area contributed by atoms with Crippen LogP contribution in [0.5, 0.6) is 5.75 Å². The fourth-order valence-corrected chi connectivity index (χ4v) is 1.93. The minimum absolute atomic E-state index is 0.308. The average molecular weight is 294 g/mol. The maximum Gasteiger partial charge on any atom is 0.146 e. The first kappa shape index (κ1) is 14.7. The Morgan fingerprint density at radius 3 is 2.60 bits per heavy atom. The average Bonchev–Trinajstić information content (AvgIpc) is 2.47. The molecule has 20 heavy (non-hydrogen) atoms. The number of ether oxygens (including phenoxy) is 1. The SMILES string of the molecule is CCCOc1ccc(CNc2cc(Cl)ccc2F)cc1. The number of hydrogen-bond acceptors (Lipinski definition) is 2. The van der Waals surface area contributed by atoms with Crippen LogP contribution in [0, 0.1) is 5.82 Å². The van der Waals surface area contributed by atoms with Crippen LogP contribution in [0.3, 0.4) is 0 Å². The van der Waals surface area contributed by atoms with Crippen LogP contribution in [-0.2, 0) is 6.54 Å². The molecule has 4 heteroatoms.